The van der Waals surface area contributed by atoms with Gasteiger partial charge in [-0.15, -0.1) is 11.3 Å². The zero-order chi connectivity index (χ0) is 17.5. The summed E-state index contributed by atoms with van der Waals surface area (Å²) in [6.45, 7) is 11.6. The number of aryl methyl sites for hydroxylation is 1. The molecule has 0 unspecified atom stereocenters. The maximum absolute atomic E-state index is 12.6. The number of carbonyl (C=O) groups excluding carboxylic acids is 1. The van der Waals surface area contributed by atoms with Crippen LogP contribution in [0.25, 0.3) is 0 Å². The molecule has 5 heteroatoms. The van der Waals surface area contributed by atoms with Gasteiger partial charge in [-0.25, -0.2) is 0 Å². The quantitative estimate of drug-likeness (QED) is 0.845. The normalized spacial score (nSPS) is 15.8. The fourth-order valence-corrected chi connectivity index (χ4v) is 4.09. The van der Waals surface area contributed by atoms with Crippen LogP contribution in [0.15, 0.2) is 23.3 Å². The number of aromatic nitrogens is 2. The van der Waals surface area contributed by atoms with E-state index in [0.717, 1.165) is 22.8 Å². The summed E-state index contributed by atoms with van der Waals surface area (Å²) in [4.78, 5) is 23.4. The summed E-state index contributed by atoms with van der Waals surface area (Å²) in [5, 5.41) is 0. The number of hydrogen-bond acceptors (Lipinski definition) is 3. The standard InChI is InChI=1S/C19H25N3OS/c1-12-7-6-10-20-15(12)17(23)21-18-22(11-14-8-9-14)13(2)16(24-18)19(3,4)5/h6-7,10,14H,8-9,11H2,1-5H3/b21-18-. The molecule has 2 heterocycles. The van der Waals surface area contributed by atoms with Crippen molar-refractivity contribution in [2.24, 2.45) is 10.9 Å². The van der Waals surface area contributed by atoms with Crippen LogP contribution in [0, 0.1) is 19.8 Å². The van der Waals surface area contributed by atoms with Gasteiger partial charge in [0.1, 0.15) is 5.69 Å². The first-order valence-electron chi connectivity index (χ1n) is 8.48. The van der Waals surface area contributed by atoms with Gasteiger partial charge in [0.05, 0.1) is 0 Å². The number of nitrogens with zero attached hydrogens (tertiary/aromatic N) is 3. The third-order valence-corrected chi connectivity index (χ3v) is 5.99. The molecule has 0 radical (unpaired) electrons. The van der Waals surface area contributed by atoms with Crippen LogP contribution < -0.4 is 4.80 Å². The van der Waals surface area contributed by atoms with Crippen LogP contribution in [0.5, 0.6) is 0 Å². The van der Waals surface area contributed by atoms with Crippen LogP contribution in [0.1, 0.15) is 60.2 Å². The number of carbonyl (C=O) groups is 1. The molecule has 0 atom stereocenters. The van der Waals surface area contributed by atoms with Gasteiger partial charge in [0.25, 0.3) is 5.91 Å². The van der Waals surface area contributed by atoms with Crippen molar-refractivity contribution in [3.8, 4) is 0 Å². The van der Waals surface area contributed by atoms with Gasteiger partial charge in [-0.3, -0.25) is 9.78 Å². The summed E-state index contributed by atoms with van der Waals surface area (Å²) in [6, 6.07) is 3.74. The molecule has 1 fully saturated rings. The van der Waals surface area contributed by atoms with Crippen molar-refractivity contribution in [3.05, 3.63) is 45.0 Å². The molecule has 1 saturated carbocycles. The van der Waals surface area contributed by atoms with Crippen molar-refractivity contribution >= 4 is 17.2 Å². The fourth-order valence-electron chi connectivity index (χ4n) is 2.89. The lowest BCUT2D eigenvalue weighted by Gasteiger charge is -2.17. The Morgan fingerprint density at radius 2 is 2.08 bits per heavy atom. The van der Waals surface area contributed by atoms with E-state index in [2.05, 4.69) is 42.2 Å². The van der Waals surface area contributed by atoms with Gasteiger partial charge in [-0.2, -0.15) is 4.99 Å². The number of rotatable bonds is 3. The zero-order valence-electron chi connectivity index (χ0n) is 15.1. The lowest BCUT2D eigenvalue weighted by atomic mass is 9.93. The first kappa shape index (κ1) is 17.1. The van der Waals surface area contributed by atoms with Crippen LogP contribution in [0.2, 0.25) is 0 Å². The van der Waals surface area contributed by atoms with Gasteiger partial charge in [-0.1, -0.05) is 26.8 Å². The van der Waals surface area contributed by atoms with E-state index in [1.54, 1.807) is 17.5 Å². The summed E-state index contributed by atoms with van der Waals surface area (Å²) in [5.74, 6) is 0.483. The molecule has 0 saturated heterocycles. The molecule has 0 aromatic carbocycles. The number of amides is 1. The molecule has 2 aromatic heterocycles. The second-order valence-corrected chi connectivity index (χ2v) is 8.67. The summed E-state index contributed by atoms with van der Waals surface area (Å²) >= 11 is 1.64. The fraction of sp³-hybridized carbons (Fsp3) is 0.526. The summed E-state index contributed by atoms with van der Waals surface area (Å²) in [7, 11) is 0. The van der Waals surface area contributed by atoms with Crippen molar-refractivity contribution < 1.29 is 4.79 Å². The molecule has 0 aliphatic heterocycles. The SMILES string of the molecule is Cc1cccnc1C(=O)/N=c1\sc(C(C)(C)C)c(C)n1CC1CC1. The van der Waals surface area contributed by atoms with Crippen LogP contribution >= 0.6 is 11.3 Å². The van der Waals surface area contributed by atoms with Crippen molar-refractivity contribution in [1.29, 1.82) is 0 Å². The topological polar surface area (TPSA) is 47.2 Å². The third-order valence-electron chi connectivity index (χ3n) is 4.39. The van der Waals surface area contributed by atoms with Gasteiger partial charge in [0, 0.05) is 23.3 Å². The molecule has 0 bridgehead atoms. The Morgan fingerprint density at radius 1 is 1.38 bits per heavy atom. The van der Waals surface area contributed by atoms with E-state index in [-0.39, 0.29) is 11.3 Å². The van der Waals surface area contributed by atoms with Gasteiger partial charge >= 0.3 is 0 Å². The smallest absolute Gasteiger partial charge is 0.298 e. The highest BCUT2D eigenvalue weighted by Crippen LogP contribution is 2.33. The number of thiazole rings is 1. The largest absolute Gasteiger partial charge is 0.320 e. The van der Waals surface area contributed by atoms with Crippen LogP contribution in [-0.4, -0.2) is 15.5 Å². The maximum atomic E-state index is 12.6. The minimum atomic E-state index is -0.251. The molecule has 128 valence electrons. The second kappa shape index (κ2) is 6.28. The second-order valence-electron chi connectivity index (χ2n) is 7.69. The van der Waals surface area contributed by atoms with Crippen LogP contribution in [0.3, 0.4) is 0 Å². The van der Waals surface area contributed by atoms with Crippen molar-refractivity contribution in [2.45, 2.75) is 59.4 Å². The molecule has 1 aliphatic carbocycles. The molecule has 1 amide bonds. The summed E-state index contributed by atoms with van der Waals surface area (Å²) in [6.07, 6.45) is 4.20. The Labute approximate surface area is 147 Å². The van der Waals surface area contributed by atoms with Crippen molar-refractivity contribution in [2.75, 3.05) is 0 Å². The van der Waals surface area contributed by atoms with E-state index in [9.17, 15) is 4.79 Å². The summed E-state index contributed by atoms with van der Waals surface area (Å²) < 4.78 is 2.24. The Morgan fingerprint density at radius 3 is 2.67 bits per heavy atom. The van der Waals surface area contributed by atoms with Crippen LogP contribution in [-0.2, 0) is 12.0 Å². The van der Waals surface area contributed by atoms with Gasteiger partial charge < -0.3 is 4.57 Å². The maximum Gasteiger partial charge on any atom is 0.298 e. The first-order chi connectivity index (χ1) is 11.3. The van der Waals surface area contributed by atoms with E-state index in [1.165, 1.54) is 23.4 Å². The lowest BCUT2D eigenvalue weighted by molar-refractivity contribution is 0.0992. The highest BCUT2D eigenvalue weighted by molar-refractivity contribution is 7.09. The number of pyridine rings is 1. The van der Waals surface area contributed by atoms with E-state index in [1.807, 2.05) is 19.1 Å². The van der Waals surface area contributed by atoms with Crippen LogP contribution in [0.4, 0.5) is 0 Å². The molecule has 4 nitrogen and oxygen atoms in total. The van der Waals surface area contributed by atoms with Gasteiger partial charge in [0.2, 0.25) is 0 Å². The van der Waals surface area contributed by atoms with Gasteiger partial charge in [-0.05, 0) is 49.7 Å². The zero-order valence-corrected chi connectivity index (χ0v) is 15.9. The third kappa shape index (κ3) is 3.51. The Balaban J connectivity index is 2.08. The Bertz CT molecular complexity index is 835. The Hall–Kier alpha value is -1.75. The molecule has 3 rings (SSSR count). The minimum absolute atomic E-state index is 0.0534. The predicted molar refractivity (Wildman–Crippen MR) is 97.3 cm³/mol. The number of hydrogen-bond donors (Lipinski definition) is 0. The highest BCUT2D eigenvalue weighted by atomic mass is 32.1. The molecular formula is C19H25N3OS. The monoisotopic (exact) mass is 343 g/mol. The molecule has 0 spiro atoms. The van der Waals surface area contributed by atoms with E-state index in [4.69, 9.17) is 0 Å². The molecule has 1 aliphatic rings. The summed E-state index contributed by atoms with van der Waals surface area (Å²) in [5.41, 5.74) is 2.60. The van der Waals surface area contributed by atoms with Crippen molar-refractivity contribution in [3.63, 3.8) is 0 Å². The molecule has 24 heavy (non-hydrogen) atoms. The lowest BCUT2D eigenvalue weighted by Crippen LogP contribution is -2.20. The van der Waals surface area contributed by atoms with E-state index in [0.29, 0.717) is 5.69 Å². The van der Waals surface area contributed by atoms with Gasteiger partial charge in [0.15, 0.2) is 4.80 Å². The van der Waals surface area contributed by atoms with E-state index < -0.39 is 0 Å². The van der Waals surface area contributed by atoms with Crippen molar-refractivity contribution in [1.82, 2.24) is 9.55 Å². The molecule has 0 N–H and O–H groups in total. The van der Waals surface area contributed by atoms with E-state index >= 15 is 0 Å². The average Bonchev–Trinajstić information content (AvgIpc) is 3.26. The average molecular weight is 343 g/mol. The molecule has 2 aromatic rings. The first-order valence-corrected chi connectivity index (χ1v) is 9.30. The Kier molecular flexibility index (Phi) is 4.47. The predicted octanol–water partition coefficient (Wildman–Crippen LogP) is 4.01. The molecular weight excluding hydrogens is 318 g/mol. The minimum Gasteiger partial charge on any atom is -0.320 e. The highest BCUT2D eigenvalue weighted by Gasteiger charge is 2.27.